The second kappa shape index (κ2) is 24.5. The first-order valence-corrected chi connectivity index (χ1v) is 14.3. The van der Waals surface area contributed by atoms with Crippen molar-refractivity contribution in [2.24, 2.45) is 0 Å². The van der Waals surface area contributed by atoms with Crippen LogP contribution in [0.4, 0.5) is 0 Å². The van der Waals surface area contributed by atoms with Gasteiger partial charge in [0.1, 0.15) is 6.10 Å². The van der Waals surface area contributed by atoms with Crippen molar-refractivity contribution in [1.29, 1.82) is 0 Å². The molecule has 198 valence electrons. The highest BCUT2D eigenvalue weighted by molar-refractivity contribution is 5.76. The fraction of sp³-hybridized carbons (Fsp3) is 0.964. The molecule has 3 atom stereocenters. The third-order valence-electron chi connectivity index (χ3n) is 6.71. The van der Waals surface area contributed by atoms with Crippen molar-refractivity contribution < 1.29 is 20.1 Å². The molecule has 0 aliphatic rings. The van der Waals surface area contributed by atoms with Gasteiger partial charge in [-0.1, -0.05) is 129 Å². The summed E-state index contributed by atoms with van der Waals surface area (Å²) < 4.78 is 0. The number of aliphatic hydroxyl groups is 3. The summed E-state index contributed by atoms with van der Waals surface area (Å²) in [6, 6.07) is -0.797. The van der Waals surface area contributed by atoms with Crippen LogP contribution in [0.3, 0.4) is 0 Å². The molecule has 0 bridgehead atoms. The highest BCUT2D eigenvalue weighted by atomic mass is 16.3. The molecule has 1 amide bonds. The van der Waals surface area contributed by atoms with Gasteiger partial charge in [0.2, 0.25) is 5.91 Å². The van der Waals surface area contributed by atoms with Gasteiger partial charge in [-0.3, -0.25) is 4.79 Å². The van der Waals surface area contributed by atoms with Crippen LogP contribution in [-0.4, -0.2) is 46.1 Å². The molecule has 0 aliphatic heterocycles. The van der Waals surface area contributed by atoms with Crippen LogP contribution in [0.1, 0.15) is 149 Å². The lowest BCUT2D eigenvalue weighted by Crippen LogP contribution is -2.50. The first-order chi connectivity index (χ1) is 16.1. The second-order valence-corrected chi connectivity index (χ2v) is 9.96. The summed E-state index contributed by atoms with van der Waals surface area (Å²) in [4.78, 5) is 12.2. The number of unbranched alkanes of at least 4 members (excludes halogenated alkanes) is 17. The first kappa shape index (κ1) is 32.4. The van der Waals surface area contributed by atoms with Crippen molar-refractivity contribution in [3.8, 4) is 0 Å². The van der Waals surface area contributed by atoms with E-state index in [0.717, 1.165) is 38.5 Å². The number of carbonyl (C=O) groups is 1. The van der Waals surface area contributed by atoms with Gasteiger partial charge in [-0.25, -0.2) is 0 Å². The summed E-state index contributed by atoms with van der Waals surface area (Å²) in [5.41, 5.74) is 0. The van der Waals surface area contributed by atoms with Crippen LogP contribution < -0.4 is 5.32 Å². The lowest BCUT2D eigenvalue weighted by molar-refractivity contribution is -0.124. The van der Waals surface area contributed by atoms with E-state index in [1.54, 1.807) is 0 Å². The van der Waals surface area contributed by atoms with Crippen molar-refractivity contribution in [2.75, 3.05) is 6.61 Å². The van der Waals surface area contributed by atoms with Crippen LogP contribution in [0, 0.1) is 0 Å². The molecule has 0 aromatic rings. The van der Waals surface area contributed by atoms with Crippen molar-refractivity contribution in [1.82, 2.24) is 5.32 Å². The average molecular weight is 472 g/mol. The Labute approximate surface area is 205 Å². The average Bonchev–Trinajstić information content (AvgIpc) is 2.82. The highest BCUT2D eigenvalue weighted by Gasteiger charge is 2.26. The summed E-state index contributed by atoms with van der Waals surface area (Å²) in [5, 5.41) is 33.0. The molecule has 0 heterocycles. The lowest BCUT2D eigenvalue weighted by atomic mass is 9.99. The maximum atomic E-state index is 12.2. The fourth-order valence-electron chi connectivity index (χ4n) is 4.39. The van der Waals surface area contributed by atoms with E-state index in [9.17, 15) is 20.1 Å². The van der Waals surface area contributed by atoms with E-state index in [4.69, 9.17) is 0 Å². The molecule has 5 heteroatoms. The van der Waals surface area contributed by atoms with Gasteiger partial charge in [0.25, 0.3) is 0 Å². The Bertz CT molecular complexity index is 419. The Balaban J connectivity index is 3.79. The number of hydrogen-bond donors (Lipinski definition) is 4. The molecule has 0 unspecified atom stereocenters. The number of aliphatic hydroxyl groups excluding tert-OH is 3. The van der Waals surface area contributed by atoms with Crippen LogP contribution in [-0.2, 0) is 4.79 Å². The number of carbonyl (C=O) groups excluding carboxylic acids is 1. The standard InChI is InChI=1S/C28H57NO4/c1-3-5-7-9-11-13-15-17-19-21-23-27(32)29-25(24-30)28(33)26(31)22-20-18-16-14-12-10-8-6-4-2/h25-26,28,30-31,33H,3-24H2,1-2H3,(H,29,32)/t25-,26+,28-/m0/s1. The zero-order chi connectivity index (χ0) is 24.6. The summed E-state index contributed by atoms with van der Waals surface area (Å²) in [6.07, 6.45) is 21.9. The van der Waals surface area contributed by atoms with E-state index in [1.165, 1.54) is 83.5 Å². The number of amides is 1. The SMILES string of the molecule is CCCCCCCCCCCCC(=O)N[C@@H](CO)[C@H](O)[C@H](O)CCCCCCCCCCC. The molecule has 4 N–H and O–H groups in total. The molecule has 5 nitrogen and oxygen atoms in total. The Hall–Kier alpha value is -0.650. The van der Waals surface area contributed by atoms with Gasteiger partial charge >= 0.3 is 0 Å². The molecule has 33 heavy (non-hydrogen) atoms. The minimum Gasteiger partial charge on any atom is -0.394 e. The molecule has 0 rings (SSSR count). The lowest BCUT2D eigenvalue weighted by Gasteiger charge is -2.26. The second-order valence-electron chi connectivity index (χ2n) is 9.96. The van der Waals surface area contributed by atoms with E-state index in [0.29, 0.717) is 12.8 Å². The maximum absolute atomic E-state index is 12.2. The minimum atomic E-state index is -1.12. The Kier molecular flexibility index (Phi) is 24.0. The summed E-state index contributed by atoms with van der Waals surface area (Å²) in [6.45, 7) is 4.10. The number of rotatable bonds is 25. The van der Waals surface area contributed by atoms with E-state index in [2.05, 4.69) is 19.2 Å². The monoisotopic (exact) mass is 471 g/mol. The predicted molar refractivity (Wildman–Crippen MR) is 139 cm³/mol. The molecule has 0 spiro atoms. The summed E-state index contributed by atoms with van der Waals surface area (Å²) in [7, 11) is 0. The largest absolute Gasteiger partial charge is 0.394 e. The third-order valence-corrected chi connectivity index (χ3v) is 6.71. The van der Waals surface area contributed by atoms with E-state index < -0.39 is 18.2 Å². The molecule has 0 fully saturated rings. The topological polar surface area (TPSA) is 89.8 Å². The zero-order valence-corrected chi connectivity index (χ0v) is 22.0. The Morgan fingerprint density at radius 2 is 1.03 bits per heavy atom. The van der Waals surface area contributed by atoms with Gasteiger partial charge < -0.3 is 20.6 Å². The molecular weight excluding hydrogens is 414 g/mol. The molecule has 0 aromatic heterocycles. The van der Waals surface area contributed by atoms with Crippen molar-refractivity contribution in [3.05, 3.63) is 0 Å². The van der Waals surface area contributed by atoms with E-state index in [1.807, 2.05) is 0 Å². The predicted octanol–water partition coefficient (Wildman–Crippen LogP) is 6.42. The van der Waals surface area contributed by atoms with Crippen molar-refractivity contribution >= 4 is 5.91 Å². The molecule has 0 saturated heterocycles. The molecule has 0 radical (unpaired) electrons. The molecular formula is C28H57NO4. The Morgan fingerprint density at radius 1 is 0.636 bits per heavy atom. The molecule has 0 aromatic carbocycles. The highest BCUT2D eigenvalue weighted by Crippen LogP contribution is 2.14. The van der Waals surface area contributed by atoms with Gasteiger partial charge in [-0.15, -0.1) is 0 Å². The Morgan fingerprint density at radius 3 is 1.45 bits per heavy atom. The van der Waals surface area contributed by atoms with Crippen LogP contribution in [0.25, 0.3) is 0 Å². The molecule has 0 saturated carbocycles. The van der Waals surface area contributed by atoms with Gasteiger partial charge in [0.15, 0.2) is 0 Å². The third kappa shape index (κ3) is 20.4. The normalized spacial score (nSPS) is 14.2. The maximum Gasteiger partial charge on any atom is 0.220 e. The van der Waals surface area contributed by atoms with Crippen LogP contribution >= 0.6 is 0 Å². The zero-order valence-electron chi connectivity index (χ0n) is 22.0. The van der Waals surface area contributed by atoms with E-state index >= 15 is 0 Å². The smallest absolute Gasteiger partial charge is 0.220 e. The van der Waals surface area contributed by atoms with Crippen LogP contribution in [0.5, 0.6) is 0 Å². The van der Waals surface area contributed by atoms with Crippen LogP contribution in [0.2, 0.25) is 0 Å². The summed E-state index contributed by atoms with van der Waals surface area (Å²) in [5.74, 6) is -0.150. The molecule has 0 aliphatic carbocycles. The van der Waals surface area contributed by atoms with Crippen molar-refractivity contribution in [2.45, 2.75) is 167 Å². The van der Waals surface area contributed by atoms with Crippen LogP contribution in [0.15, 0.2) is 0 Å². The van der Waals surface area contributed by atoms with Crippen molar-refractivity contribution in [3.63, 3.8) is 0 Å². The number of nitrogens with one attached hydrogen (secondary N) is 1. The van der Waals surface area contributed by atoms with Gasteiger partial charge in [-0.05, 0) is 12.8 Å². The van der Waals surface area contributed by atoms with Gasteiger partial charge in [0.05, 0.1) is 18.8 Å². The van der Waals surface area contributed by atoms with E-state index in [-0.39, 0.29) is 12.5 Å². The fourth-order valence-corrected chi connectivity index (χ4v) is 4.39. The summed E-state index contributed by atoms with van der Waals surface area (Å²) >= 11 is 0. The first-order valence-electron chi connectivity index (χ1n) is 14.3. The van der Waals surface area contributed by atoms with Gasteiger partial charge in [-0.2, -0.15) is 0 Å². The van der Waals surface area contributed by atoms with Gasteiger partial charge in [0, 0.05) is 6.42 Å². The number of hydrogen-bond acceptors (Lipinski definition) is 4. The minimum absolute atomic E-state index is 0.150. The quantitative estimate of drug-likeness (QED) is 0.116.